The molecule has 0 aromatic carbocycles. The van der Waals surface area contributed by atoms with Crippen molar-refractivity contribution < 1.29 is 4.74 Å². The fourth-order valence-electron chi connectivity index (χ4n) is 3.46. The third-order valence-electron chi connectivity index (χ3n) is 5.02. The fourth-order valence-corrected chi connectivity index (χ4v) is 5.57. The van der Waals surface area contributed by atoms with Crippen LogP contribution in [0.5, 0.6) is 0 Å². The zero-order valence-corrected chi connectivity index (χ0v) is 14.1. The molecule has 3 fully saturated rings. The topological polar surface area (TPSA) is 33.6 Å². The van der Waals surface area contributed by atoms with Crippen LogP contribution in [0.25, 0.3) is 0 Å². The standard InChI is InChI=1S/C15H26N2OS2/c1-19-15(5-3-2-4-6-15)11-16-13-17-14(12-20-13)7-9-18-10-8-14/h2-12H2,1H3,(H,16,17). The van der Waals surface area contributed by atoms with Crippen LogP contribution < -0.4 is 5.32 Å². The SMILES string of the molecule is CSC1(CN=C2NC3(CCOCC3)CS2)CCCCC1. The largest absolute Gasteiger partial charge is 0.381 e. The van der Waals surface area contributed by atoms with Crippen LogP contribution in [0, 0.1) is 0 Å². The van der Waals surface area contributed by atoms with Crippen LogP contribution in [0.1, 0.15) is 44.9 Å². The van der Waals surface area contributed by atoms with Gasteiger partial charge in [-0.3, -0.25) is 4.99 Å². The first kappa shape index (κ1) is 15.0. The molecule has 0 unspecified atom stereocenters. The summed E-state index contributed by atoms with van der Waals surface area (Å²) >= 11 is 3.96. The Morgan fingerprint density at radius 3 is 2.65 bits per heavy atom. The van der Waals surface area contributed by atoms with Crippen molar-refractivity contribution in [3.63, 3.8) is 0 Å². The summed E-state index contributed by atoms with van der Waals surface area (Å²) in [6, 6.07) is 0. The van der Waals surface area contributed by atoms with Crippen molar-refractivity contribution in [1.29, 1.82) is 0 Å². The number of rotatable bonds is 3. The van der Waals surface area contributed by atoms with Crippen LogP contribution >= 0.6 is 23.5 Å². The number of nitrogens with zero attached hydrogens (tertiary/aromatic N) is 1. The second-order valence-corrected chi connectivity index (χ2v) is 8.61. The molecule has 1 saturated carbocycles. The Balaban J connectivity index is 1.59. The summed E-state index contributed by atoms with van der Waals surface area (Å²) < 4.78 is 5.90. The number of aliphatic imine (C=N–C) groups is 1. The lowest BCUT2D eigenvalue weighted by Gasteiger charge is -2.35. The summed E-state index contributed by atoms with van der Waals surface area (Å²) in [5, 5.41) is 4.90. The Morgan fingerprint density at radius 1 is 1.20 bits per heavy atom. The molecule has 1 N–H and O–H groups in total. The maximum absolute atomic E-state index is 5.49. The number of amidine groups is 1. The van der Waals surface area contributed by atoms with Crippen molar-refractivity contribution in [1.82, 2.24) is 5.32 Å². The van der Waals surface area contributed by atoms with Gasteiger partial charge < -0.3 is 10.1 Å². The van der Waals surface area contributed by atoms with Crippen molar-refractivity contribution in [2.45, 2.75) is 55.2 Å². The number of hydrogen-bond donors (Lipinski definition) is 1. The van der Waals surface area contributed by atoms with Gasteiger partial charge in [-0.2, -0.15) is 11.8 Å². The molecule has 1 aliphatic carbocycles. The second kappa shape index (κ2) is 6.49. The molecule has 0 bridgehead atoms. The highest BCUT2D eigenvalue weighted by Gasteiger charge is 2.39. The first-order valence-electron chi connectivity index (χ1n) is 7.84. The molecule has 0 aromatic rings. The molecule has 1 spiro atoms. The van der Waals surface area contributed by atoms with Gasteiger partial charge in [-0.15, -0.1) is 0 Å². The lowest BCUT2D eigenvalue weighted by atomic mass is 9.88. The predicted molar refractivity (Wildman–Crippen MR) is 90.0 cm³/mol. The molecule has 2 saturated heterocycles. The quantitative estimate of drug-likeness (QED) is 0.866. The van der Waals surface area contributed by atoms with Gasteiger partial charge in [0.2, 0.25) is 0 Å². The molecule has 20 heavy (non-hydrogen) atoms. The van der Waals surface area contributed by atoms with Crippen molar-refractivity contribution in [2.75, 3.05) is 31.8 Å². The Bertz CT molecular complexity index is 361. The van der Waals surface area contributed by atoms with Crippen molar-refractivity contribution >= 4 is 28.7 Å². The molecule has 3 rings (SSSR count). The molecule has 0 amide bonds. The molecule has 2 aliphatic heterocycles. The highest BCUT2D eigenvalue weighted by atomic mass is 32.2. The molecule has 0 atom stereocenters. The maximum atomic E-state index is 5.49. The number of nitrogens with one attached hydrogen (secondary N) is 1. The highest BCUT2D eigenvalue weighted by molar-refractivity contribution is 8.14. The molecule has 5 heteroatoms. The Morgan fingerprint density at radius 2 is 1.95 bits per heavy atom. The van der Waals surface area contributed by atoms with Gasteiger partial charge in [0.05, 0.1) is 12.1 Å². The van der Waals surface area contributed by atoms with Gasteiger partial charge in [-0.25, -0.2) is 0 Å². The lowest BCUT2D eigenvalue weighted by molar-refractivity contribution is 0.0555. The van der Waals surface area contributed by atoms with Crippen molar-refractivity contribution in [2.24, 2.45) is 4.99 Å². The molecule has 0 aromatic heterocycles. The highest BCUT2D eigenvalue weighted by Crippen LogP contribution is 2.39. The van der Waals surface area contributed by atoms with Crippen LogP contribution in [-0.2, 0) is 4.74 Å². The molecule has 3 aliphatic rings. The molecule has 2 heterocycles. The zero-order valence-electron chi connectivity index (χ0n) is 12.5. The van der Waals surface area contributed by atoms with E-state index in [0.717, 1.165) is 32.6 Å². The van der Waals surface area contributed by atoms with E-state index in [2.05, 4.69) is 11.6 Å². The summed E-state index contributed by atoms with van der Waals surface area (Å²) in [6.07, 6.45) is 11.4. The fraction of sp³-hybridized carbons (Fsp3) is 0.933. The first-order chi connectivity index (χ1) is 9.76. The van der Waals surface area contributed by atoms with Crippen LogP contribution in [0.3, 0.4) is 0 Å². The Kier molecular flexibility index (Phi) is 4.88. The molecule has 0 radical (unpaired) electrons. The summed E-state index contributed by atoms with van der Waals surface area (Å²) in [5.74, 6) is 1.17. The van der Waals surface area contributed by atoms with Gasteiger partial charge >= 0.3 is 0 Å². The Labute approximate surface area is 131 Å². The van der Waals surface area contributed by atoms with Crippen molar-refractivity contribution in [3.05, 3.63) is 0 Å². The minimum Gasteiger partial charge on any atom is -0.381 e. The smallest absolute Gasteiger partial charge is 0.157 e. The number of ether oxygens (including phenoxy) is 1. The van der Waals surface area contributed by atoms with E-state index in [1.807, 2.05) is 23.5 Å². The van der Waals surface area contributed by atoms with E-state index in [9.17, 15) is 0 Å². The van der Waals surface area contributed by atoms with E-state index in [4.69, 9.17) is 9.73 Å². The van der Waals surface area contributed by atoms with Gasteiger partial charge in [0.1, 0.15) is 0 Å². The van der Waals surface area contributed by atoms with E-state index in [-0.39, 0.29) is 5.54 Å². The summed E-state index contributed by atoms with van der Waals surface area (Å²) in [7, 11) is 0. The number of thioether (sulfide) groups is 2. The third kappa shape index (κ3) is 3.30. The van der Waals surface area contributed by atoms with E-state index in [1.165, 1.54) is 43.0 Å². The summed E-state index contributed by atoms with van der Waals surface area (Å²) in [5.41, 5.74) is 0.279. The van der Waals surface area contributed by atoms with E-state index in [1.54, 1.807) is 0 Å². The predicted octanol–water partition coefficient (Wildman–Crippen LogP) is 3.29. The summed E-state index contributed by atoms with van der Waals surface area (Å²) in [6.45, 7) is 2.79. The Hall–Kier alpha value is 0.130. The monoisotopic (exact) mass is 314 g/mol. The van der Waals surface area contributed by atoms with Crippen LogP contribution in [0.15, 0.2) is 4.99 Å². The molecule has 3 nitrogen and oxygen atoms in total. The van der Waals surface area contributed by atoms with E-state index >= 15 is 0 Å². The third-order valence-corrected chi connectivity index (χ3v) is 7.62. The zero-order chi connectivity index (χ0) is 13.9. The van der Waals surface area contributed by atoms with Gasteiger partial charge in [0.25, 0.3) is 0 Å². The van der Waals surface area contributed by atoms with Crippen molar-refractivity contribution in [3.8, 4) is 0 Å². The first-order valence-corrected chi connectivity index (χ1v) is 10.1. The molecular weight excluding hydrogens is 288 g/mol. The van der Waals surface area contributed by atoms with Crippen LogP contribution in [0.2, 0.25) is 0 Å². The van der Waals surface area contributed by atoms with Gasteiger partial charge in [0.15, 0.2) is 5.17 Å². The van der Waals surface area contributed by atoms with Crippen LogP contribution in [-0.4, -0.2) is 47.2 Å². The maximum Gasteiger partial charge on any atom is 0.157 e. The van der Waals surface area contributed by atoms with E-state index < -0.39 is 0 Å². The van der Waals surface area contributed by atoms with E-state index in [0.29, 0.717) is 4.75 Å². The van der Waals surface area contributed by atoms with Gasteiger partial charge in [0, 0.05) is 23.7 Å². The normalized spacial score (nSPS) is 30.6. The molecule has 114 valence electrons. The summed E-state index contributed by atoms with van der Waals surface area (Å²) in [4.78, 5) is 4.95. The molecular formula is C15H26N2OS2. The minimum absolute atomic E-state index is 0.279. The van der Waals surface area contributed by atoms with Gasteiger partial charge in [-0.05, 0) is 31.9 Å². The second-order valence-electron chi connectivity index (χ2n) is 6.38. The minimum atomic E-state index is 0.279. The van der Waals surface area contributed by atoms with Gasteiger partial charge in [-0.1, -0.05) is 31.0 Å². The number of hydrogen-bond acceptors (Lipinski definition) is 4. The average molecular weight is 315 g/mol. The average Bonchev–Trinajstić information content (AvgIpc) is 2.90. The van der Waals surface area contributed by atoms with Crippen LogP contribution in [0.4, 0.5) is 0 Å². The lowest BCUT2D eigenvalue weighted by Crippen LogP contribution is -2.48.